The van der Waals surface area contributed by atoms with Gasteiger partial charge in [-0.25, -0.2) is 4.39 Å². The summed E-state index contributed by atoms with van der Waals surface area (Å²) in [6, 6.07) is 2.50. The Hall–Kier alpha value is -1.93. The van der Waals surface area contributed by atoms with E-state index in [0.29, 0.717) is 27.0 Å². The van der Waals surface area contributed by atoms with Crippen molar-refractivity contribution in [2.75, 3.05) is 11.1 Å². The van der Waals surface area contributed by atoms with Gasteiger partial charge in [0.1, 0.15) is 11.6 Å². The molecule has 6 nitrogen and oxygen atoms in total. The van der Waals surface area contributed by atoms with Crippen LogP contribution in [0.25, 0.3) is 11.0 Å². The molecule has 9 heteroatoms. The highest BCUT2D eigenvalue weighted by molar-refractivity contribution is 9.10. The molecule has 3 rings (SSSR count). The first-order chi connectivity index (χ1) is 9.54. The number of nitrogens with one attached hydrogen (secondary N) is 2. The van der Waals surface area contributed by atoms with Gasteiger partial charge >= 0.3 is 0 Å². The minimum atomic E-state index is -0.442. The van der Waals surface area contributed by atoms with Crippen molar-refractivity contribution >= 4 is 56.0 Å². The predicted molar refractivity (Wildman–Crippen MR) is 78.5 cm³/mol. The highest BCUT2D eigenvalue weighted by Crippen LogP contribution is 2.35. The van der Waals surface area contributed by atoms with Crippen LogP contribution in [-0.4, -0.2) is 20.2 Å². The van der Waals surface area contributed by atoms with Crippen molar-refractivity contribution in [2.24, 2.45) is 0 Å². The summed E-state index contributed by atoms with van der Waals surface area (Å²) < 4.78 is 13.7. The van der Waals surface area contributed by atoms with Crippen LogP contribution in [0.5, 0.6) is 0 Å². The summed E-state index contributed by atoms with van der Waals surface area (Å²) in [7, 11) is 0. The van der Waals surface area contributed by atoms with Gasteiger partial charge in [-0.3, -0.25) is 5.10 Å². The Balaban J connectivity index is 2.12. The first-order valence-electron chi connectivity index (χ1n) is 5.43. The zero-order valence-corrected chi connectivity index (χ0v) is 12.1. The molecule has 0 spiro atoms. The van der Waals surface area contributed by atoms with Crippen LogP contribution < -0.4 is 11.1 Å². The van der Waals surface area contributed by atoms with E-state index in [1.54, 1.807) is 6.20 Å². The third-order valence-electron chi connectivity index (χ3n) is 2.58. The molecule has 0 aliphatic rings. The summed E-state index contributed by atoms with van der Waals surface area (Å²) in [5.74, 6) is 0.0668. The average Bonchev–Trinajstić information content (AvgIpc) is 2.81. The van der Waals surface area contributed by atoms with Crippen LogP contribution >= 0.6 is 27.5 Å². The Morgan fingerprint density at radius 2 is 2.15 bits per heavy atom. The van der Waals surface area contributed by atoms with Gasteiger partial charge in [-0.05, 0) is 28.1 Å². The van der Waals surface area contributed by atoms with E-state index in [2.05, 4.69) is 41.4 Å². The number of aromatic nitrogens is 4. The number of H-pyrrole nitrogens is 1. The monoisotopic (exact) mass is 356 g/mol. The average molecular weight is 358 g/mol. The van der Waals surface area contributed by atoms with Crippen LogP contribution in [-0.2, 0) is 0 Å². The molecule has 2 heterocycles. The second kappa shape index (κ2) is 4.88. The molecule has 3 aromatic rings. The van der Waals surface area contributed by atoms with Crippen molar-refractivity contribution in [3.63, 3.8) is 0 Å². The maximum Gasteiger partial charge on any atom is 0.224 e. The van der Waals surface area contributed by atoms with Crippen LogP contribution in [0.4, 0.5) is 21.8 Å². The number of rotatable bonds is 2. The number of hydrogen-bond donors (Lipinski definition) is 3. The van der Waals surface area contributed by atoms with Gasteiger partial charge in [-0.2, -0.15) is 15.1 Å². The van der Waals surface area contributed by atoms with Crippen molar-refractivity contribution in [1.29, 1.82) is 0 Å². The number of halogens is 3. The third kappa shape index (κ3) is 2.27. The van der Waals surface area contributed by atoms with Crippen molar-refractivity contribution < 1.29 is 4.39 Å². The molecule has 2 aromatic heterocycles. The first kappa shape index (κ1) is 13.1. The molecule has 0 amide bonds. The molecule has 20 heavy (non-hydrogen) atoms. The van der Waals surface area contributed by atoms with E-state index in [1.807, 2.05) is 0 Å². The lowest BCUT2D eigenvalue weighted by molar-refractivity contribution is 0.627. The number of nitrogen functional groups attached to an aromatic ring is 1. The first-order valence-corrected chi connectivity index (χ1v) is 6.60. The predicted octanol–water partition coefficient (Wildman–Crippen LogP) is 3.23. The van der Waals surface area contributed by atoms with Crippen LogP contribution in [0.1, 0.15) is 0 Å². The SMILES string of the molecule is Nc1nc(Nc2c(Cl)cc(F)cc2Br)c2cn[nH]c2n1. The zero-order valence-electron chi connectivity index (χ0n) is 9.78. The van der Waals surface area contributed by atoms with Gasteiger partial charge in [0.05, 0.1) is 22.3 Å². The second-order valence-electron chi connectivity index (χ2n) is 3.93. The smallest absolute Gasteiger partial charge is 0.224 e. The van der Waals surface area contributed by atoms with E-state index in [1.165, 1.54) is 12.1 Å². The molecule has 0 unspecified atom stereocenters. The van der Waals surface area contributed by atoms with Gasteiger partial charge in [0.2, 0.25) is 5.95 Å². The fraction of sp³-hybridized carbons (Fsp3) is 0. The number of fused-ring (bicyclic) bond motifs is 1. The number of benzene rings is 1. The lowest BCUT2D eigenvalue weighted by Crippen LogP contribution is -2.01. The van der Waals surface area contributed by atoms with E-state index in [4.69, 9.17) is 17.3 Å². The lowest BCUT2D eigenvalue weighted by Gasteiger charge is -2.11. The molecule has 0 aliphatic carbocycles. The standard InChI is InChI=1S/C11H7BrClFN6/c12-6-1-4(14)2-7(13)8(6)17-9-5-3-16-20-10(5)19-11(15)18-9/h1-3H,(H4,15,16,17,18,19,20). The van der Waals surface area contributed by atoms with Gasteiger partial charge in [-0.1, -0.05) is 11.6 Å². The van der Waals surface area contributed by atoms with Crippen molar-refractivity contribution in [1.82, 2.24) is 20.2 Å². The topological polar surface area (TPSA) is 92.5 Å². The maximum absolute atomic E-state index is 13.2. The van der Waals surface area contributed by atoms with E-state index in [-0.39, 0.29) is 11.0 Å². The van der Waals surface area contributed by atoms with Gasteiger partial charge < -0.3 is 11.1 Å². The van der Waals surface area contributed by atoms with Crippen LogP contribution in [0.15, 0.2) is 22.8 Å². The Labute approximate surface area is 125 Å². The van der Waals surface area contributed by atoms with E-state index >= 15 is 0 Å². The molecule has 0 aliphatic heterocycles. The van der Waals surface area contributed by atoms with E-state index < -0.39 is 5.82 Å². The van der Waals surface area contributed by atoms with Crippen LogP contribution in [0, 0.1) is 5.82 Å². The summed E-state index contributed by atoms with van der Waals surface area (Å²) in [5.41, 5.74) is 6.60. The normalized spacial score (nSPS) is 10.9. The lowest BCUT2D eigenvalue weighted by atomic mass is 10.3. The van der Waals surface area contributed by atoms with Gasteiger partial charge in [-0.15, -0.1) is 0 Å². The fourth-order valence-corrected chi connectivity index (χ4v) is 2.63. The third-order valence-corrected chi connectivity index (χ3v) is 3.50. The maximum atomic E-state index is 13.2. The minimum Gasteiger partial charge on any atom is -0.368 e. The molecule has 0 atom stereocenters. The fourth-order valence-electron chi connectivity index (χ4n) is 1.73. The highest BCUT2D eigenvalue weighted by Gasteiger charge is 2.13. The van der Waals surface area contributed by atoms with E-state index in [9.17, 15) is 4.39 Å². The molecular formula is C11H7BrClFN6. The minimum absolute atomic E-state index is 0.0820. The number of nitrogens with zero attached hydrogens (tertiary/aromatic N) is 3. The molecule has 1 aromatic carbocycles. The van der Waals surface area contributed by atoms with Crippen molar-refractivity contribution in [2.45, 2.75) is 0 Å². The molecule has 0 saturated carbocycles. The van der Waals surface area contributed by atoms with Gasteiger partial charge in [0, 0.05) is 4.47 Å². The number of hydrogen-bond acceptors (Lipinski definition) is 5. The van der Waals surface area contributed by atoms with Crippen molar-refractivity contribution in [3.8, 4) is 0 Å². The summed E-state index contributed by atoms with van der Waals surface area (Å²) in [5, 5.41) is 10.4. The molecular weight excluding hydrogens is 351 g/mol. The summed E-state index contributed by atoms with van der Waals surface area (Å²) in [6.07, 6.45) is 1.56. The molecule has 4 N–H and O–H groups in total. The molecule has 0 saturated heterocycles. The zero-order chi connectivity index (χ0) is 14.3. The van der Waals surface area contributed by atoms with Gasteiger partial charge in [0.25, 0.3) is 0 Å². The van der Waals surface area contributed by atoms with Gasteiger partial charge in [0.15, 0.2) is 5.65 Å². The molecule has 102 valence electrons. The number of aromatic amines is 1. The second-order valence-corrected chi connectivity index (χ2v) is 5.19. The Morgan fingerprint density at radius 1 is 1.35 bits per heavy atom. The Morgan fingerprint density at radius 3 is 2.90 bits per heavy atom. The highest BCUT2D eigenvalue weighted by atomic mass is 79.9. The van der Waals surface area contributed by atoms with Crippen LogP contribution in [0.2, 0.25) is 5.02 Å². The van der Waals surface area contributed by atoms with E-state index in [0.717, 1.165) is 0 Å². The molecule has 0 fully saturated rings. The Bertz CT molecular complexity index is 782. The Kier molecular flexibility index (Phi) is 3.19. The number of anilines is 3. The molecule has 0 bridgehead atoms. The summed E-state index contributed by atoms with van der Waals surface area (Å²) in [6.45, 7) is 0. The largest absolute Gasteiger partial charge is 0.368 e. The molecule has 0 radical (unpaired) electrons. The summed E-state index contributed by atoms with van der Waals surface area (Å²) >= 11 is 9.26. The van der Waals surface area contributed by atoms with Crippen LogP contribution in [0.3, 0.4) is 0 Å². The quantitative estimate of drug-likeness (QED) is 0.655. The number of nitrogens with two attached hydrogens (primary N) is 1. The summed E-state index contributed by atoms with van der Waals surface area (Å²) in [4.78, 5) is 8.10. The van der Waals surface area contributed by atoms with Crippen molar-refractivity contribution in [3.05, 3.63) is 33.6 Å².